The molecule has 7 nitrogen and oxygen atoms in total. The van der Waals surface area contributed by atoms with Gasteiger partial charge in [0.15, 0.2) is 0 Å². The molecule has 1 atom stereocenters. The van der Waals surface area contributed by atoms with Gasteiger partial charge in [0, 0.05) is 5.56 Å². The van der Waals surface area contributed by atoms with Crippen LogP contribution in [-0.4, -0.2) is 35.5 Å². The molecule has 0 radical (unpaired) electrons. The van der Waals surface area contributed by atoms with Gasteiger partial charge < -0.3 is 20.9 Å². The highest BCUT2D eigenvalue weighted by Gasteiger charge is 2.18. The van der Waals surface area contributed by atoms with E-state index in [0.29, 0.717) is 24.2 Å². The maximum absolute atomic E-state index is 11.7. The van der Waals surface area contributed by atoms with Crippen molar-refractivity contribution in [2.24, 2.45) is 5.73 Å². The molecule has 1 unspecified atom stereocenters. The van der Waals surface area contributed by atoms with E-state index in [4.69, 9.17) is 15.6 Å². The van der Waals surface area contributed by atoms with Gasteiger partial charge in [-0.2, -0.15) is 0 Å². The van der Waals surface area contributed by atoms with Crippen molar-refractivity contribution >= 4 is 17.8 Å². The maximum atomic E-state index is 11.7. The monoisotopic (exact) mass is 308 g/mol. The minimum atomic E-state index is -1.05. The number of primary amides is 1. The van der Waals surface area contributed by atoms with Gasteiger partial charge in [-0.05, 0) is 24.6 Å². The summed E-state index contributed by atoms with van der Waals surface area (Å²) in [6, 6.07) is 5.43. The minimum Gasteiger partial charge on any atom is -0.493 e. The van der Waals surface area contributed by atoms with Crippen LogP contribution in [0, 0.1) is 0 Å². The molecule has 7 heteroatoms. The second-order valence-electron chi connectivity index (χ2n) is 4.74. The van der Waals surface area contributed by atoms with Crippen molar-refractivity contribution in [1.82, 2.24) is 5.32 Å². The lowest BCUT2D eigenvalue weighted by atomic mass is 10.1. The Balaban J connectivity index is 2.43. The van der Waals surface area contributed by atoms with Crippen molar-refractivity contribution in [2.45, 2.75) is 32.2 Å². The van der Waals surface area contributed by atoms with Gasteiger partial charge in [0.25, 0.3) is 0 Å². The third-order valence-corrected chi connectivity index (χ3v) is 2.93. The van der Waals surface area contributed by atoms with E-state index in [1.165, 1.54) is 6.07 Å². The molecule has 0 aromatic heterocycles. The van der Waals surface area contributed by atoms with Crippen LogP contribution in [0.3, 0.4) is 0 Å². The van der Waals surface area contributed by atoms with Crippen LogP contribution in [0.1, 0.15) is 36.5 Å². The van der Waals surface area contributed by atoms with Gasteiger partial charge >= 0.3 is 5.97 Å². The second kappa shape index (κ2) is 8.66. The number of rotatable bonds is 9. The molecule has 4 N–H and O–H groups in total. The summed E-state index contributed by atoms with van der Waals surface area (Å²) in [5.41, 5.74) is 5.47. The zero-order valence-corrected chi connectivity index (χ0v) is 12.4. The first-order chi connectivity index (χ1) is 10.4. The molecular weight excluding hydrogens is 288 g/mol. The van der Waals surface area contributed by atoms with Crippen molar-refractivity contribution in [2.75, 3.05) is 6.61 Å². The number of benzene rings is 1. The van der Waals surface area contributed by atoms with Gasteiger partial charge in [0.05, 0.1) is 13.0 Å². The first kappa shape index (κ1) is 17.5. The summed E-state index contributed by atoms with van der Waals surface area (Å²) in [5, 5.41) is 11.4. The molecule has 0 aliphatic carbocycles. The molecule has 120 valence electrons. The molecule has 0 aliphatic rings. The highest BCUT2D eigenvalue weighted by molar-refractivity contribution is 5.93. The summed E-state index contributed by atoms with van der Waals surface area (Å²) in [5.74, 6) is -1.59. The lowest BCUT2D eigenvalue weighted by molar-refractivity contribution is -0.142. The molecule has 0 heterocycles. The standard InChI is InChI=1S/C15H20N2O5/c1-2-4-12(15(20)21)17-13(18)7-8-22-11-6-3-5-10(9-11)14(16)19/h3,5-6,9,12H,2,4,7-8H2,1H3,(H2,16,19)(H,17,18)(H,20,21). The predicted molar refractivity (Wildman–Crippen MR) is 79.5 cm³/mol. The maximum Gasteiger partial charge on any atom is 0.326 e. The van der Waals surface area contributed by atoms with E-state index in [-0.39, 0.29) is 13.0 Å². The van der Waals surface area contributed by atoms with E-state index >= 15 is 0 Å². The highest BCUT2D eigenvalue weighted by Crippen LogP contribution is 2.13. The summed E-state index contributed by atoms with van der Waals surface area (Å²) in [6.45, 7) is 1.92. The third kappa shape index (κ3) is 5.82. The van der Waals surface area contributed by atoms with E-state index in [1.807, 2.05) is 6.92 Å². The normalized spacial score (nSPS) is 11.5. The first-order valence-corrected chi connectivity index (χ1v) is 6.99. The molecule has 1 aromatic rings. The Bertz CT molecular complexity index is 544. The Morgan fingerprint density at radius 3 is 2.68 bits per heavy atom. The van der Waals surface area contributed by atoms with Crippen LogP contribution in [0.15, 0.2) is 24.3 Å². The number of carboxylic acids is 1. The van der Waals surface area contributed by atoms with Crippen LogP contribution in [0.5, 0.6) is 5.75 Å². The fourth-order valence-electron chi connectivity index (χ4n) is 1.81. The van der Waals surface area contributed by atoms with Gasteiger partial charge in [0.1, 0.15) is 11.8 Å². The number of carbonyl (C=O) groups excluding carboxylic acids is 2. The number of aliphatic carboxylic acids is 1. The quantitative estimate of drug-likeness (QED) is 0.627. The lowest BCUT2D eigenvalue weighted by Crippen LogP contribution is -2.41. The van der Waals surface area contributed by atoms with Gasteiger partial charge in [-0.3, -0.25) is 9.59 Å². The molecule has 0 spiro atoms. The predicted octanol–water partition coefficient (Wildman–Crippen LogP) is 0.924. The summed E-state index contributed by atoms with van der Waals surface area (Å²) in [6.07, 6.45) is 1.06. The van der Waals surface area contributed by atoms with E-state index in [2.05, 4.69) is 5.32 Å². The van der Waals surface area contributed by atoms with E-state index in [0.717, 1.165) is 0 Å². The number of ether oxygens (including phenoxy) is 1. The van der Waals surface area contributed by atoms with Gasteiger partial charge in [-0.25, -0.2) is 4.79 Å². The Hall–Kier alpha value is -2.57. The molecule has 0 fully saturated rings. The van der Waals surface area contributed by atoms with E-state index in [1.54, 1.807) is 18.2 Å². The molecule has 0 bridgehead atoms. The number of nitrogens with one attached hydrogen (secondary N) is 1. The second-order valence-corrected chi connectivity index (χ2v) is 4.74. The lowest BCUT2D eigenvalue weighted by Gasteiger charge is -2.13. The van der Waals surface area contributed by atoms with Crippen LogP contribution in [0.25, 0.3) is 0 Å². The average molecular weight is 308 g/mol. The smallest absolute Gasteiger partial charge is 0.326 e. The molecule has 1 aromatic carbocycles. The number of carbonyl (C=O) groups is 3. The number of hydrogen-bond acceptors (Lipinski definition) is 4. The third-order valence-electron chi connectivity index (χ3n) is 2.93. The Kier molecular flexibility index (Phi) is 6.88. The van der Waals surface area contributed by atoms with Crippen molar-refractivity contribution in [3.8, 4) is 5.75 Å². The molecule has 1 rings (SSSR count). The topological polar surface area (TPSA) is 119 Å². The number of carboxylic acid groups (broad SMARTS) is 1. The summed E-state index contributed by atoms with van der Waals surface area (Å²) >= 11 is 0. The van der Waals surface area contributed by atoms with Crippen LogP contribution >= 0.6 is 0 Å². The molecule has 0 saturated heterocycles. The molecule has 0 aliphatic heterocycles. The Morgan fingerprint density at radius 2 is 2.09 bits per heavy atom. The summed E-state index contributed by atoms with van der Waals surface area (Å²) in [4.78, 5) is 33.6. The SMILES string of the molecule is CCCC(NC(=O)CCOc1cccc(C(N)=O)c1)C(=O)O. The van der Waals surface area contributed by atoms with Crippen LogP contribution < -0.4 is 15.8 Å². The minimum absolute atomic E-state index is 0.0221. The van der Waals surface area contributed by atoms with Crippen LogP contribution in [0.4, 0.5) is 0 Å². The zero-order valence-electron chi connectivity index (χ0n) is 12.4. The number of amides is 2. The Morgan fingerprint density at radius 1 is 1.36 bits per heavy atom. The Labute approximate surface area is 128 Å². The van der Waals surface area contributed by atoms with Crippen LogP contribution in [0.2, 0.25) is 0 Å². The average Bonchev–Trinajstić information content (AvgIpc) is 2.47. The van der Waals surface area contributed by atoms with Crippen molar-refractivity contribution < 1.29 is 24.2 Å². The fraction of sp³-hybridized carbons (Fsp3) is 0.400. The fourth-order valence-corrected chi connectivity index (χ4v) is 1.81. The zero-order chi connectivity index (χ0) is 16.5. The van der Waals surface area contributed by atoms with E-state index < -0.39 is 23.8 Å². The van der Waals surface area contributed by atoms with Crippen LogP contribution in [-0.2, 0) is 9.59 Å². The van der Waals surface area contributed by atoms with Crippen molar-refractivity contribution in [1.29, 1.82) is 0 Å². The molecule has 2 amide bonds. The first-order valence-electron chi connectivity index (χ1n) is 6.99. The number of hydrogen-bond donors (Lipinski definition) is 3. The van der Waals surface area contributed by atoms with Crippen molar-refractivity contribution in [3.05, 3.63) is 29.8 Å². The van der Waals surface area contributed by atoms with Gasteiger partial charge in [0.2, 0.25) is 11.8 Å². The summed E-state index contributed by atoms with van der Waals surface area (Å²) < 4.78 is 5.35. The number of nitrogens with two attached hydrogens (primary N) is 1. The largest absolute Gasteiger partial charge is 0.493 e. The van der Waals surface area contributed by atoms with E-state index in [9.17, 15) is 14.4 Å². The van der Waals surface area contributed by atoms with Gasteiger partial charge in [-0.1, -0.05) is 19.4 Å². The molecular formula is C15H20N2O5. The van der Waals surface area contributed by atoms with Gasteiger partial charge in [-0.15, -0.1) is 0 Å². The summed E-state index contributed by atoms with van der Waals surface area (Å²) in [7, 11) is 0. The van der Waals surface area contributed by atoms with Crippen molar-refractivity contribution in [3.63, 3.8) is 0 Å². The molecule has 22 heavy (non-hydrogen) atoms. The highest BCUT2D eigenvalue weighted by atomic mass is 16.5. The molecule has 0 saturated carbocycles.